The number of hydrogen-bond donors (Lipinski definition) is 2. The van der Waals surface area contributed by atoms with Crippen LogP contribution in [0.4, 0.5) is 0 Å². The highest BCUT2D eigenvalue weighted by molar-refractivity contribution is 5.83. The Morgan fingerprint density at radius 2 is 2.31 bits per heavy atom. The number of methoxy groups -OCH3 is 1. The molecule has 4 nitrogen and oxygen atoms in total. The van der Waals surface area contributed by atoms with E-state index in [1.165, 1.54) is 20.0 Å². The zero-order valence-corrected chi connectivity index (χ0v) is 10.3. The molecule has 1 aliphatic carbocycles. The van der Waals surface area contributed by atoms with Gasteiger partial charge in [-0.25, -0.2) is 0 Å². The van der Waals surface area contributed by atoms with Crippen LogP contribution in [0.3, 0.4) is 0 Å². The zero-order valence-electron chi connectivity index (χ0n) is 10.3. The molecule has 2 aliphatic rings. The third kappa shape index (κ3) is 1.64. The summed E-state index contributed by atoms with van der Waals surface area (Å²) in [5.74, 6) is -0.0326. The van der Waals surface area contributed by atoms with Crippen molar-refractivity contribution in [2.24, 2.45) is 10.8 Å². The van der Waals surface area contributed by atoms with Gasteiger partial charge < -0.3 is 15.4 Å². The van der Waals surface area contributed by atoms with Crippen LogP contribution in [0.5, 0.6) is 0 Å². The van der Waals surface area contributed by atoms with E-state index >= 15 is 0 Å². The second kappa shape index (κ2) is 4.34. The monoisotopic (exact) mass is 226 g/mol. The van der Waals surface area contributed by atoms with Gasteiger partial charge in [0.05, 0.1) is 12.5 Å². The normalized spacial score (nSPS) is 35.9. The molecule has 2 atom stereocenters. The fraction of sp³-hybridized carbons (Fsp3) is 0.917. The van der Waals surface area contributed by atoms with Crippen LogP contribution in [0, 0.1) is 10.8 Å². The second-order valence-corrected chi connectivity index (χ2v) is 5.16. The molecule has 16 heavy (non-hydrogen) atoms. The molecule has 2 N–H and O–H groups in total. The quantitative estimate of drug-likeness (QED) is 0.512. The molecule has 1 aliphatic heterocycles. The Morgan fingerprint density at radius 1 is 1.50 bits per heavy atom. The van der Waals surface area contributed by atoms with Gasteiger partial charge in [0.25, 0.3) is 0 Å². The Labute approximate surface area is 97.1 Å². The van der Waals surface area contributed by atoms with Crippen molar-refractivity contribution in [3.05, 3.63) is 0 Å². The van der Waals surface area contributed by atoms with Gasteiger partial charge in [-0.3, -0.25) is 4.79 Å². The molecule has 0 amide bonds. The van der Waals surface area contributed by atoms with Crippen LogP contribution in [0.2, 0.25) is 0 Å². The van der Waals surface area contributed by atoms with Gasteiger partial charge in [-0.15, -0.1) is 0 Å². The molecule has 2 unspecified atom stereocenters. The van der Waals surface area contributed by atoms with Gasteiger partial charge in [0.1, 0.15) is 0 Å². The highest BCUT2D eigenvalue weighted by atomic mass is 16.5. The molecule has 1 saturated carbocycles. The number of ether oxygens (including phenoxy) is 1. The van der Waals surface area contributed by atoms with Gasteiger partial charge in [0, 0.05) is 25.0 Å². The number of carbonyl (C=O) groups excluding carboxylic acids is 1. The number of nitrogens with one attached hydrogen (secondary N) is 2. The fourth-order valence-corrected chi connectivity index (χ4v) is 3.01. The van der Waals surface area contributed by atoms with E-state index in [4.69, 9.17) is 4.74 Å². The Bertz CT molecular complexity index is 282. The van der Waals surface area contributed by atoms with Crippen LogP contribution < -0.4 is 10.6 Å². The van der Waals surface area contributed by atoms with Crippen LogP contribution in [-0.2, 0) is 9.53 Å². The number of piperidine rings is 1. The van der Waals surface area contributed by atoms with Gasteiger partial charge in [-0.05, 0) is 19.4 Å². The minimum Gasteiger partial charge on any atom is -0.469 e. The van der Waals surface area contributed by atoms with E-state index in [0.29, 0.717) is 0 Å². The molecule has 1 saturated heterocycles. The molecule has 1 heterocycles. The third-order valence-corrected chi connectivity index (χ3v) is 4.17. The van der Waals surface area contributed by atoms with Crippen molar-refractivity contribution in [3.63, 3.8) is 0 Å². The molecule has 0 radical (unpaired) electrons. The SMILES string of the molecule is CCCCNCC12CNCC1(C(=O)OC)C2. The molecule has 0 bridgehead atoms. The van der Waals surface area contributed by atoms with Gasteiger partial charge in [-0.1, -0.05) is 13.3 Å². The van der Waals surface area contributed by atoms with Crippen LogP contribution in [0.1, 0.15) is 26.2 Å². The largest absolute Gasteiger partial charge is 0.469 e. The summed E-state index contributed by atoms with van der Waals surface area (Å²) in [6, 6.07) is 0. The molecule has 4 heteroatoms. The standard InChI is InChI=1S/C12H22N2O2/c1-3-4-5-13-7-11-6-12(11,9-14-8-11)10(15)16-2/h13-14H,3-9H2,1-2H3. The number of esters is 1. The molecule has 0 spiro atoms. The number of unbranched alkanes of at least 4 members (excludes halogenated alkanes) is 1. The maximum absolute atomic E-state index is 11.8. The van der Waals surface area contributed by atoms with Gasteiger partial charge in [0.15, 0.2) is 0 Å². The maximum Gasteiger partial charge on any atom is 0.313 e. The lowest BCUT2D eigenvalue weighted by Crippen LogP contribution is -2.32. The molecular formula is C12H22N2O2. The van der Waals surface area contributed by atoms with Crippen molar-refractivity contribution in [2.75, 3.05) is 33.3 Å². The van der Waals surface area contributed by atoms with E-state index in [2.05, 4.69) is 17.6 Å². The Balaban J connectivity index is 1.87. The van der Waals surface area contributed by atoms with Crippen molar-refractivity contribution >= 4 is 5.97 Å². The summed E-state index contributed by atoms with van der Waals surface area (Å²) < 4.78 is 4.92. The topological polar surface area (TPSA) is 50.4 Å². The third-order valence-electron chi connectivity index (χ3n) is 4.17. The Kier molecular flexibility index (Phi) is 3.22. The first-order valence-corrected chi connectivity index (χ1v) is 6.21. The summed E-state index contributed by atoms with van der Waals surface area (Å²) in [5, 5.41) is 6.79. The number of rotatable bonds is 6. The second-order valence-electron chi connectivity index (χ2n) is 5.16. The molecule has 0 aromatic heterocycles. The van der Waals surface area contributed by atoms with E-state index in [9.17, 15) is 4.79 Å². The summed E-state index contributed by atoms with van der Waals surface area (Å²) >= 11 is 0. The lowest BCUT2D eigenvalue weighted by Gasteiger charge is -2.16. The summed E-state index contributed by atoms with van der Waals surface area (Å²) in [5.41, 5.74) is -0.0885. The lowest BCUT2D eigenvalue weighted by atomic mass is 9.96. The van der Waals surface area contributed by atoms with Crippen molar-refractivity contribution < 1.29 is 9.53 Å². The van der Waals surface area contributed by atoms with Gasteiger partial charge >= 0.3 is 5.97 Å². The van der Waals surface area contributed by atoms with Crippen molar-refractivity contribution in [1.29, 1.82) is 0 Å². The predicted octanol–water partition coefficient (Wildman–Crippen LogP) is 0.529. The van der Waals surface area contributed by atoms with Crippen LogP contribution in [0.25, 0.3) is 0 Å². The smallest absolute Gasteiger partial charge is 0.313 e. The van der Waals surface area contributed by atoms with E-state index in [1.807, 2.05) is 0 Å². The van der Waals surface area contributed by atoms with Crippen LogP contribution >= 0.6 is 0 Å². The Hall–Kier alpha value is -0.610. The summed E-state index contributed by atoms with van der Waals surface area (Å²) in [7, 11) is 1.49. The average Bonchev–Trinajstić information content (AvgIpc) is 2.81. The highest BCUT2D eigenvalue weighted by Crippen LogP contribution is 2.66. The van der Waals surface area contributed by atoms with Crippen LogP contribution in [0.15, 0.2) is 0 Å². The van der Waals surface area contributed by atoms with Crippen LogP contribution in [-0.4, -0.2) is 39.3 Å². The van der Waals surface area contributed by atoms with Crippen molar-refractivity contribution in [1.82, 2.24) is 10.6 Å². The van der Waals surface area contributed by atoms with E-state index in [-0.39, 0.29) is 16.8 Å². The van der Waals surface area contributed by atoms with E-state index in [1.54, 1.807) is 0 Å². The summed E-state index contributed by atoms with van der Waals surface area (Å²) in [6.07, 6.45) is 3.40. The molecular weight excluding hydrogens is 204 g/mol. The molecule has 0 aromatic rings. The first kappa shape index (κ1) is 11.9. The van der Waals surface area contributed by atoms with Crippen molar-refractivity contribution in [3.8, 4) is 0 Å². The maximum atomic E-state index is 11.8. The zero-order chi connectivity index (χ0) is 11.6. The molecule has 2 fully saturated rings. The van der Waals surface area contributed by atoms with E-state index in [0.717, 1.165) is 32.6 Å². The number of fused-ring (bicyclic) bond motifs is 1. The number of carbonyl (C=O) groups is 1. The number of hydrogen-bond acceptors (Lipinski definition) is 4. The average molecular weight is 226 g/mol. The Morgan fingerprint density at radius 3 is 3.00 bits per heavy atom. The molecule has 0 aromatic carbocycles. The summed E-state index contributed by atoms with van der Waals surface area (Å²) in [4.78, 5) is 11.8. The highest BCUT2D eigenvalue weighted by Gasteiger charge is 2.74. The van der Waals surface area contributed by atoms with E-state index < -0.39 is 0 Å². The van der Waals surface area contributed by atoms with Gasteiger partial charge in [-0.2, -0.15) is 0 Å². The lowest BCUT2D eigenvalue weighted by molar-refractivity contribution is -0.147. The first-order valence-electron chi connectivity index (χ1n) is 6.21. The first-order chi connectivity index (χ1) is 7.71. The van der Waals surface area contributed by atoms with Crippen molar-refractivity contribution in [2.45, 2.75) is 26.2 Å². The molecule has 92 valence electrons. The minimum atomic E-state index is -0.221. The van der Waals surface area contributed by atoms with Gasteiger partial charge in [0.2, 0.25) is 0 Å². The minimum absolute atomic E-state index is 0.0326. The predicted molar refractivity (Wildman–Crippen MR) is 62.1 cm³/mol. The summed E-state index contributed by atoms with van der Waals surface area (Å²) in [6.45, 7) is 5.91. The molecule has 2 rings (SSSR count). The fourth-order valence-electron chi connectivity index (χ4n) is 3.01.